The molecule has 4 rings (SSSR count). The average molecular weight is 373 g/mol. The van der Waals surface area contributed by atoms with Crippen LogP contribution in [0.15, 0.2) is 29.6 Å². The van der Waals surface area contributed by atoms with Crippen molar-refractivity contribution >= 4 is 46.2 Å². The number of halogens is 2. The summed E-state index contributed by atoms with van der Waals surface area (Å²) in [6.45, 7) is 4.69. The van der Waals surface area contributed by atoms with Crippen LogP contribution in [0.2, 0.25) is 0 Å². The number of hydrogen-bond acceptors (Lipinski definition) is 3. The van der Waals surface area contributed by atoms with Gasteiger partial charge in [-0.2, -0.15) is 0 Å². The molecule has 2 fully saturated rings. The van der Waals surface area contributed by atoms with Crippen molar-refractivity contribution < 1.29 is 0 Å². The summed E-state index contributed by atoms with van der Waals surface area (Å²) in [6.07, 6.45) is 5.68. The van der Waals surface area contributed by atoms with Crippen molar-refractivity contribution in [2.75, 3.05) is 26.2 Å². The molecule has 0 bridgehead atoms. The molecule has 128 valence electrons. The number of thiophene rings is 1. The normalized spacial score (nSPS) is 20.9. The fourth-order valence-electron chi connectivity index (χ4n) is 4.21. The summed E-state index contributed by atoms with van der Waals surface area (Å²) in [6, 6.07) is 9.60. The monoisotopic (exact) mass is 372 g/mol. The highest BCUT2D eigenvalue weighted by Gasteiger charge is 2.33. The summed E-state index contributed by atoms with van der Waals surface area (Å²) in [5.74, 6) is 0.862. The highest BCUT2D eigenvalue weighted by atomic mass is 35.5. The van der Waals surface area contributed by atoms with Crippen LogP contribution in [-0.2, 0) is 0 Å². The second-order valence-electron chi connectivity index (χ2n) is 6.46. The highest BCUT2D eigenvalue weighted by molar-refractivity contribution is 7.17. The molecule has 0 spiro atoms. The van der Waals surface area contributed by atoms with Gasteiger partial charge in [-0.05, 0) is 41.2 Å². The first-order valence-corrected chi connectivity index (χ1v) is 9.22. The van der Waals surface area contributed by atoms with Crippen molar-refractivity contribution in [2.24, 2.45) is 5.92 Å². The van der Waals surface area contributed by atoms with E-state index in [2.05, 4.69) is 39.9 Å². The minimum atomic E-state index is 0. The van der Waals surface area contributed by atoms with Gasteiger partial charge in [0.1, 0.15) is 0 Å². The lowest BCUT2D eigenvalue weighted by molar-refractivity contribution is 0.127. The molecule has 1 saturated carbocycles. The van der Waals surface area contributed by atoms with E-state index in [1.54, 1.807) is 5.56 Å². The number of hydrogen-bond donors (Lipinski definition) is 1. The minimum Gasteiger partial charge on any atom is -0.314 e. The Morgan fingerprint density at radius 3 is 2.48 bits per heavy atom. The Morgan fingerprint density at radius 1 is 1.04 bits per heavy atom. The van der Waals surface area contributed by atoms with E-state index in [-0.39, 0.29) is 24.8 Å². The third kappa shape index (κ3) is 3.85. The Balaban J connectivity index is 0.000000960. The van der Waals surface area contributed by atoms with Gasteiger partial charge in [0.2, 0.25) is 0 Å². The van der Waals surface area contributed by atoms with Crippen LogP contribution in [0.25, 0.3) is 10.1 Å². The van der Waals surface area contributed by atoms with E-state index in [1.165, 1.54) is 48.9 Å². The number of nitrogens with one attached hydrogen (secondary N) is 1. The Labute approximate surface area is 155 Å². The molecular formula is C18H26Cl2N2S. The molecule has 1 N–H and O–H groups in total. The van der Waals surface area contributed by atoms with Crippen molar-refractivity contribution in [1.82, 2.24) is 10.2 Å². The van der Waals surface area contributed by atoms with Gasteiger partial charge in [0.25, 0.3) is 0 Å². The van der Waals surface area contributed by atoms with Crippen LogP contribution in [0.5, 0.6) is 0 Å². The second kappa shape index (κ2) is 8.68. The van der Waals surface area contributed by atoms with Gasteiger partial charge in [-0.3, -0.25) is 4.90 Å². The van der Waals surface area contributed by atoms with Crippen LogP contribution in [-0.4, -0.2) is 31.1 Å². The number of benzene rings is 1. The van der Waals surface area contributed by atoms with Crippen molar-refractivity contribution in [3.05, 3.63) is 35.2 Å². The second-order valence-corrected chi connectivity index (χ2v) is 7.37. The molecule has 1 aliphatic heterocycles. The maximum atomic E-state index is 3.50. The van der Waals surface area contributed by atoms with Gasteiger partial charge in [0.15, 0.2) is 0 Å². The smallest absolute Gasteiger partial charge is 0.0391 e. The van der Waals surface area contributed by atoms with Gasteiger partial charge < -0.3 is 5.32 Å². The van der Waals surface area contributed by atoms with Gasteiger partial charge >= 0.3 is 0 Å². The van der Waals surface area contributed by atoms with Gasteiger partial charge in [0.05, 0.1) is 0 Å². The van der Waals surface area contributed by atoms with Gasteiger partial charge in [-0.1, -0.05) is 31.0 Å². The van der Waals surface area contributed by atoms with E-state index in [0.29, 0.717) is 6.04 Å². The fourth-order valence-corrected chi connectivity index (χ4v) is 5.20. The first-order valence-electron chi connectivity index (χ1n) is 8.34. The summed E-state index contributed by atoms with van der Waals surface area (Å²) < 4.78 is 1.45. The van der Waals surface area contributed by atoms with Crippen LogP contribution in [0, 0.1) is 5.92 Å². The van der Waals surface area contributed by atoms with Crippen molar-refractivity contribution in [3.8, 4) is 0 Å². The molecule has 5 heteroatoms. The summed E-state index contributed by atoms with van der Waals surface area (Å²) in [7, 11) is 0. The molecule has 2 heterocycles. The quantitative estimate of drug-likeness (QED) is 0.825. The van der Waals surface area contributed by atoms with Gasteiger partial charge in [0, 0.05) is 36.9 Å². The molecule has 1 saturated heterocycles. The molecule has 0 amide bonds. The number of piperazine rings is 1. The molecule has 0 radical (unpaired) electrons. The van der Waals surface area contributed by atoms with Crippen LogP contribution >= 0.6 is 36.2 Å². The summed E-state index contributed by atoms with van der Waals surface area (Å²) in [4.78, 5) is 2.75. The topological polar surface area (TPSA) is 15.3 Å². The summed E-state index contributed by atoms with van der Waals surface area (Å²) >= 11 is 1.92. The molecular weight excluding hydrogens is 347 g/mol. The molecule has 1 aromatic heterocycles. The molecule has 2 aromatic rings. The Bertz CT molecular complexity index is 604. The number of nitrogens with zero attached hydrogens (tertiary/aromatic N) is 1. The summed E-state index contributed by atoms with van der Waals surface area (Å²) in [5, 5.41) is 7.44. The maximum Gasteiger partial charge on any atom is 0.0391 e. The Kier molecular flexibility index (Phi) is 7.18. The molecule has 1 atom stereocenters. The molecule has 1 aliphatic carbocycles. The summed E-state index contributed by atoms with van der Waals surface area (Å²) in [5.41, 5.74) is 1.60. The van der Waals surface area contributed by atoms with Crippen LogP contribution in [0.3, 0.4) is 0 Å². The SMILES string of the molecule is Cl.Cl.c1ccc2c([C@H](C3CCCC3)N3CCNCC3)csc2c1. The van der Waals surface area contributed by atoms with Crippen LogP contribution in [0.1, 0.15) is 37.3 Å². The van der Waals surface area contributed by atoms with E-state index in [1.807, 2.05) is 11.3 Å². The van der Waals surface area contributed by atoms with Gasteiger partial charge in [-0.15, -0.1) is 36.2 Å². The van der Waals surface area contributed by atoms with E-state index >= 15 is 0 Å². The zero-order valence-electron chi connectivity index (χ0n) is 13.4. The Morgan fingerprint density at radius 2 is 1.74 bits per heavy atom. The van der Waals surface area contributed by atoms with Crippen molar-refractivity contribution in [3.63, 3.8) is 0 Å². The standard InChI is InChI=1S/C18H24N2S.2ClH/c1-2-6-14(5-1)18(20-11-9-19-10-12-20)16-13-21-17-8-4-3-7-15(16)17;;/h3-4,7-8,13-14,18-19H,1-2,5-6,9-12H2;2*1H/t18-;;/m0../s1. The molecule has 2 aliphatic rings. The minimum absolute atomic E-state index is 0. The fraction of sp³-hybridized carbons (Fsp3) is 0.556. The van der Waals surface area contributed by atoms with E-state index in [9.17, 15) is 0 Å². The third-order valence-electron chi connectivity index (χ3n) is 5.22. The molecule has 2 nitrogen and oxygen atoms in total. The molecule has 23 heavy (non-hydrogen) atoms. The predicted octanol–water partition coefficient (Wildman–Crippen LogP) is 4.88. The first kappa shape index (κ1) is 19.0. The predicted molar refractivity (Wildman–Crippen MR) is 105 cm³/mol. The van der Waals surface area contributed by atoms with Crippen molar-refractivity contribution in [1.29, 1.82) is 0 Å². The highest BCUT2D eigenvalue weighted by Crippen LogP contribution is 2.43. The average Bonchev–Trinajstić information content (AvgIpc) is 3.20. The molecule has 0 unspecified atom stereocenters. The zero-order valence-corrected chi connectivity index (χ0v) is 15.8. The number of fused-ring (bicyclic) bond motifs is 1. The first-order chi connectivity index (χ1) is 10.4. The van der Waals surface area contributed by atoms with E-state index in [4.69, 9.17) is 0 Å². The lowest BCUT2D eigenvalue weighted by atomic mass is 9.89. The van der Waals surface area contributed by atoms with Crippen molar-refractivity contribution in [2.45, 2.75) is 31.7 Å². The lowest BCUT2D eigenvalue weighted by Crippen LogP contribution is -2.46. The van der Waals surface area contributed by atoms with Gasteiger partial charge in [-0.25, -0.2) is 0 Å². The Hall–Kier alpha value is -0.320. The largest absolute Gasteiger partial charge is 0.314 e. The number of rotatable bonds is 3. The van der Waals surface area contributed by atoms with E-state index in [0.717, 1.165) is 19.0 Å². The van der Waals surface area contributed by atoms with Crippen LogP contribution < -0.4 is 5.32 Å². The zero-order chi connectivity index (χ0) is 14.1. The van der Waals surface area contributed by atoms with E-state index < -0.39 is 0 Å². The molecule has 1 aromatic carbocycles. The van der Waals surface area contributed by atoms with Crippen LogP contribution in [0.4, 0.5) is 0 Å². The third-order valence-corrected chi connectivity index (χ3v) is 6.20. The lowest BCUT2D eigenvalue weighted by Gasteiger charge is -2.38. The maximum absolute atomic E-state index is 3.50.